The van der Waals surface area contributed by atoms with Gasteiger partial charge < -0.3 is 14.7 Å². The lowest BCUT2D eigenvalue weighted by Crippen LogP contribution is -2.62. The molecule has 0 saturated heterocycles. The molecule has 2 aliphatic heterocycles. The van der Waals surface area contributed by atoms with Gasteiger partial charge in [0.1, 0.15) is 0 Å². The molecule has 0 atom stereocenters. The van der Waals surface area contributed by atoms with Crippen LogP contribution in [-0.2, 0) is 37.9 Å². The second-order valence-electron chi connectivity index (χ2n) is 28.5. The van der Waals surface area contributed by atoms with Crippen molar-refractivity contribution < 1.29 is 0 Å². The second kappa shape index (κ2) is 16.8. The molecule has 0 spiro atoms. The fourth-order valence-electron chi connectivity index (χ4n) is 13.1. The summed E-state index contributed by atoms with van der Waals surface area (Å²) in [7, 11) is 0. The van der Waals surface area contributed by atoms with Crippen LogP contribution in [-0.4, -0.2) is 6.71 Å². The van der Waals surface area contributed by atoms with Crippen LogP contribution >= 0.6 is 0 Å². The summed E-state index contributed by atoms with van der Waals surface area (Å²) in [5.74, 6) is 0. The number of anilines is 9. The lowest BCUT2D eigenvalue weighted by Gasteiger charge is -2.48. The van der Waals surface area contributed by atoms with Gasteiger partial charge in [0, 0.05) is 45.5 Å². The van der Waals surface area contributed by atoms with E-state index < -0.39 is 0 Å². The standard InChI is InChI=1S/C70H82BN3/c1-64(2,3)45-28-31-59-57(39-45)71-58-43-55-56(70(16,17)35-34-69(55,14)15)44-60(58)73(50-29-30-53-54(40-50)68(12,13)33-32-67(53,10)11)61-41-52(72(48-24-20-18-21-25-48)49-26-22-19-23-27-49)42-62(63(61)71)74(59)51-37-46(65(4,5)6)36-47(38-51)66(7,8)9/h18-31,36-44H,32-35H2,1-17H3. The van der Waals surface area contributed by atoms with E-state index in [2.05, 4.69) is 272 Å². The zero-order chi connectivity index (χ0) is 52.9. The number of rotatable bonds is 5. The molecule has 7 aromatic carbocycles. The van der Waals surface area contributed by atoms with Crippen molar-refractivity contribution in [1.29, 1.82) is 0 Å². The normalized spacial score (nSPS) is 17.9. The summed E-state index contributed by atoms with van der Waals surface area (Å²) < 4.78 is 0. The first-order chi connectivity index (χ1) is 34.5. The molecule has 0 N–H and O–H groups in total. The molecule has 0 unspecified atom stereocenters. The van der Waals surface area contributed by atoms with Crippen LogP contribution in [0.1, 0.15) is 182 Å². The summed E-state index contributed by atoms with van der Waals surface area (Å²) in [4.78, 5) is 7.88. The quantitative estimate of drug-likeness (QED) is 0.159. The molecule has 3 nitrogen and oxygen atoms in total. The van der Waals surface area contributed by atoms with Crippen LogP contribution < -0.4 is 31.1 Å². The van der Waals surface area contributed by atoms with Gasteiger partial charge in [-0.05, 0) is 192 Å². The second-order valence-corrected chi connectivity index (χ2v) is 28.5. The van der Waals surface area contributed by atoms with Crippen molar-refractivity contribution in [3.8, 4) is 0 Å². The Morgan fingerprint density at radius 1 is 0.365 bits per heavy atom. The summed E-state index contributed by atoms with van der Waals surface area (Å²) in [5, 5.41) is 0. The minimum absolute atomic E-state index is 0.0155. The third-order valence-corrected chi connectivity index (χ3v) is 18.2. The summed E-state index contributed by atoms with van der Waals surface area (Å²) in [6.07, 6.45) is 4.66. The molecule has 4 heteroatoms. The maximum atomic E-state index is 2.72. The van der Waals surface area contributed by atoms with Gasteiger partial charge >= 0.3 is 0 Å². The Hall–Kier alpha value is -6.00. The maximum Gasteiger partial charge on any atom is 0.252 e. The van der Waals surface area contributed by atoms with Crippen LogP contribution in [0, 0.1) is 0 Å². The SMILES string of the molecule is CC(C)(C)c1cc(N2c3ccc(C(C)(C)C)cc3B3c4cc5c(cc4N(c4ccc6c(c4)C(C)(C)CCC6(C)C)c4cc(N(c6ccccc6)c6ccccc6)cc2c43)C(C)(C)CCC5(C)C)cc(C(C)(C)C)c1. The smallest absolute Gasteiger partial charge is 0.252 e. The van der Waals surface area contributed by atoms with Crippen molar-refractivity contribution in [2.24, 2.45) is 0 Å². The van der Waals surface area contributed by atoms with Gasteiger partial charge in [0.2, 0.25) is 0 Å². The highest BCUT2D eigenvalue weighted by Crippen LogP contribution is 2.54. The van der Waals surface area contributed by atoms with Crippen molar-refractivity contribution in [2.45, 2.75) is 181 Å². The molecule has 0 fully saturated rings. The van der Waals surface area contributed by atoms with E-state index >= 15 is 0 Å². The zero-order valence-corrected chi connectivity index (χ0v) is 48.0. The van der Waals surface area contributed by atoms with E-state index in [9.17, 15) is 0 Å². The van der Waals surface area contributed by atoms with Gasteiger partial charge in [-0.2, -0.15) is 0 Å². The predicted octanol–water partition coefficient (Wildman–Crippen LogP) is 17.8. The third kappa shape index (κ3) is 8.24. The summed E-state index contributed by atoms with van der Waals surface area (Å²) in [6.45, 7) is 41.2. The number of hydrogen-bond acceptors (Lipinski definition) is 3. The van der Waals surface area contributed by atoms with Crippen LogP contribution in [0.25, 0.3) is 0 Å². The van der Waals surface area contributed by atoms with Crippen molar-refractivity contribution in [3.05, 3.63) is 178 Å². The fourth-order valence-corrected chi connectivity index (χ4v) is 13.1. The van der Waals surface area contributed by atoms with E-state index in [0.29, 0.717) is 0 Å². The average molecular weight is 976 g/mol. The third-order valence-electron chi connectivity index (χ3n) is 18.2. The number of benzene rings is 7. The maximum absolute atomic E-state index is 2.72. The number of hydrogen-bond donors (Lipinski definition) is 0. The lowest BCUT2D eigenvalue weighted by molar-refractivity contribution is 0.332. The molecule has 2 aliphatic carbocycles. The topological polar surface area (TPSA) is 9.72 Å². The molecule has 7 aromatic rings. The van der Waals surface area contributed by atoms with E-state index in [-0.39, 0.29) is 44.6 Å². The van der Waals surface area contributed by atoms with Gasteiger partial charge in [-0.1, -0.05) is 184 Å². The first kappa shape index (κ1) is 50.2. The van der Waals surface area contributed by atoms with Gasteiger partial charge in [-0.25, -0.2) is 0 Å². The Labute approximate surface area is 446 Å². The molecule has 0 amide bonds. The van der Waals surface area contributed by atoms with Gasteiger partial charge in [0.15, 0.2) is 0 Å². The van der Waals surface area contributed by atoms with Crippen molar-refractivity contribution in [2.75, 3.05) is 14.7 Å². The van der Waals surface area contributed by atoms with Gasteiger partial charge in [-0.3, -0.25) is 0 Å². The van der Waals surface area contributed by atoms with E-state index in [4.69, 9.17) is 0 Å². The van der Waals surface area contributed by atoms with E-state index in [1.807, 2.05) is 0 Å². The van der Waals surface area contributed by atoms with Crippen LogP contribution in [0.2, 0.25) is 0 Å². The summed E-state index contributed by atoms with van der Waals surface area (Å²) in [5.41, 5.74) is 25.0. The largest absolute Gasteiger partial charge is 0.311 e. The highest BCUT2D eigenvalue weighted by molar-refractivity contribution is 7.00. The van der Waals surface area contributed by atoms with E-state index in [1.54, 1.807) is 0 Å². The molecule has 0 bridgehead atoms. The Kier molecular flexibility index (Phi) is 11.4. The Morgan fingerprint density at radius 3 is 1.31 bits per heavy atom. The molecule has 2 heterocycles. The fraction of sp³-hybridized carbons (Fsp3) is 0.400. The number of para-hydroxylation sites is 2. The molecule has 0 saturated carbocycles. The highest BCUT2D eigenvalue weighted by Gasteiger charge is 2.48. The zero-order valence-electron chi connectivity index (χ0n) is 48.0. The van der Waals surface area contributed by atoms with Crippen LogP contribution in [0.4, 0.5) is 51.2 Å². The summed E-state index contributed by atoms with van der Waals surface area (Å²) >= 11 is 0. The molecule has 0 aromatic heterocycles. The summed E-state index contributed by atoms with van der Waals surface area (Å²) in [6, 6.07) is 55.1. The first-order valence-electron chi connectivity index (χ1n) is 27.9. The molecule has 0 radical (unpaired) electrons. The van der Waals surface area contributed by atoms with Crippen molar-refractivity contribution in [1.82, 2.24) is 0 Å². The van der Waals surface area contributed by atoms with Crippen LogP contribution in [0.3, 0.4) is 0 Å². The van der Waals surface area contributed by atoms with Crippen LogP contribution in [0.5, 0.6) is 0 Å². The van der Waals surface area contributed by atoms with Gasteiger partial charge in [-0.15, -0.1) is 0 Å². The molecule has 11 rings (SSSR count). The molecular formula is C70H82BN3. The molecular weight excluding hydrogens is 894 g/mol. The molecule has 4 aliphatic rings. The van der Waals surface area contributed by atoms with Gasteiger partial charge in [0.05, 0.1) is 5.69 Å². The van der Waals surface area contributed by atoms with E-state index in [0.717, 1.165) is 36.3 Å². The minimum Gasteiger partial charge on any atom is -0.311 e. The van der Waals surface area contributed by atoms with Crippen molar-refractivity contribution in [3.63, 3.8) is 0 Å². The lowest BCUT2D eigenvalue weighted by atomic mass is 9.33. The van der Waals surface area contributed by atoms with Crippen molar-refractivity contribution >= 4 is 74.3 Å². The number of fused-ring (bicyclic) bond motifs is 6. The Morgan fingerprint density at radius 2 is 0.811 bits per heavy atom. The Balaban J connectivity index is 1.34. The van der Waals surface area contributed by atoms with Gasteiger partial charge in [0.25, 0.3) is 6.71 Å². The first-order valence-corrected chi connectivity index (χ1v) is 27.9. The minimum atomic E-state index is -0.0733. The Bertz CT molecular complexity index is 3280. The molecule has 74 heavy (non-hydrogen) atoms. The molecule has 380 valence electrons. The predicted molar refractivity (Wildman–Crippen MR) is 322 cm³/mol. The monoisotopic (exact) mass is 976 g/mol. The van der Waals surface area contributed by atoms with E-state index in [1.165, 1.54) is 95.9 Å². The van der Waals surface area contributed by atoms with Crippen LogP contribution in [0.15, 0.2) is 140 Å². The number of nitrogens with zero attached hydrogens (tertiary/aromatic N) is 3. The highest BCUT2D eigenvalue weighted by atomic mass is 15.2. The average Bonchev–Trinajstić information content (AvgIpc) is 3.35.